The van der Waals surface area contributed by atoms with Crippen LogP contribution in [0.25, 0.3) is 10.9 Å². The largest absolute Gasteiger partial charge is 0.497 e. The number of Topliss-reactive ketones (excluding diaryl/α,β-unsaturated/α-hetero) is 2. The number of ketones is 2. The Labute approximate surface area is 257 Å². The number of rotatable bonds is 3. The number of nitrogens with one attached hydrogen (secondary N) is 1. The summed E-state index contributed by atoms with van der Waals surface area (Å²) in [6, 6.07) is 16.5. The molecular weight excluding hydrogens is 550 g/mol. The number of para-hydroxylation sites is 1. The second-order valence-corrected chi connectivity index (χ2v) is 14.7. The van der Waals surface area contributed by atoms with Gasteiger partial charge in [-0.2, -0.15) is 0 Å². The van der Waals surface area contributed by atoms with Crippen molar-refractivity contribution in [2.75, 3.05) is 14.2 Å². The van der Waals surface area contributed by atoms with E-state index in [0.29, 0.717) is 12.8 Å². The fourth-order valence-corrected chi connectivity index (χ4v) is 12.3. The number of hydrogen-bond donors (Lipinski definition) is 1. The maximum Gasteiger partial charge on any atom is 0.309 e. The summed E-state index contributed by atoms with van der Waals surface area (Å²) in [5.74, 6) is -0.825. The van der Waals surface area contributed by atoms with Crippen LogP contribution in [0.15, 0.2) is 60.7 Å². The molecule has 2 bridgehead atoms. The lowest BCUT2D eigenvalue weighted by Crippen LogP contribution is -2.50. The van der Waals surface area contributed by atoms with E-state index in [9.17, 15) is 9.59 Å². The Morgan fingerprint density at radius 3 is 2.50 bits per heavy atom. The lowest BCUT2D eigenvalue weighted by molar-refractivity contribution is -0.150. The molecule has 0 amide bonds. The van der Waals surface area contributed by atoms with E-state index in [1.54, 1.807) is 7.11 Å². The molecule has 3 aromatic rings. The van der Waals surface area contributed by atoms with E-state index in [1.807, 2.05) is 30.3 Å². The van der Waals surface area contributed by atoms with Gasteiger partial charge in [0.1, 0.15) is 17.3 Å². The van der Waals surface area contributed by atoms with Crippen molar-refractivity contribution >= 4 is 28.4 Å². The molecule has 6 aliphatic rings. The second kappa shape index (κ2) is 8.74. The van der Waals surface area contributed by atoms with Crippen molar-refractivity contribution < 1.29 is 23.9 Å². The number of benzene rings is 2. The highest BCUT2D eigenvalue weighted by Gasteiger charge is 2.81. The third-order valence-corrected chi connectivity index (χ3v) is 13.8. The van der Waals surface area contributed by atoms with Crippen molar-refractivity contribution in [2.45, 2.75) is 56.8 Å². The predicted octanol–water partition coefficient (Wildman–Crippen LogP) is 6.33. The molecule has 6 heteroatoms. The first-order valence-electron chi connectivity index (χ1n) is 16.4. The van der Waals surface area contributed by atoms with Crippen LogP contribution < -0.4 is 4.74 Å². The molecule has 10 atom stereocenters. The second-order valence-electron chi connectivity index (χ2n) is 14.7. The minimum atomic E-state index is -0.464. The maximum absolute atomic E-state index is 15.2. The summed E-state index contributed by atoms with van der Waals surface area (Å²) in [4.78, 5) is 47.1. The van der Waals surface area contributed by atoms with E-state index in [0.717, 1.165) is 59.2 Å². The molecule has 226 valence electrons. The van der Waals surface area contributed by atoms with Crippen LogP contribution in [0.5, 0.6) is 5.75 Å². The summed E-state index contributed by atoms with van der Waals surface area (Å²) in [7, 11) is 3.13. The molecule has 0 aliphatic heterocycles. The summed E-state index contributed by atoms with van der Waals surface area (Å²) >= 11 is 0. The quantitative estimate of drug-likeness (QED) is 0.285. The Morgan fingerprint density at radius 1 is 0.955 bits per heavy atom. The van der Waals surface area contributed by atoms with Crippen LogP contribution in [0, 0.1) is 46.3 Å². The first-order valence-corrected chi connectivity index (χ1v) is 16.4. The van der Waals surface area contributed by atoms with Crippen LogP contribution in [-0.4, -0.2) is 36.7 Å². The first-order chi connectivity index (χ1) is 21.3. The summed E-state index contributed by atoms with van der Waals surface area (Å²) in [5, 5.41) is 1.08. The highest BCUT2D eigenvalue weighted by atomic mass is 16.5. The van der Waals surface area contributed by atoms with Gasteiger partial charge in [-0.3, -0.25) is 14.4 Å². The Morgan fingerprint density at radius 2 is 1.73 bits per heavy atom. The third-order valence-electron chi connectivity index (χ3n) is 13.8. The molecule has 6 aliphatic carbocycles. The van der Waals surface area contributed by atoms with Crippen molar-refractivity contribution in [1.29, 1.82) is 0 Å². The molecule has 6 nitrogen and oxygen atoms in total. The topological polar surface area (TPSA) is 85.5 Å². The Bertz CT molecular complexity index is 1790. The van der Waals surface area contributed by atoms with E-state index in [2.05, 4.69) is 42.3 Å². The molecule has 44 heavy (non-hydrogen) atoms. The van der Waals surface area contributed by atoms with Crippen molar-refractivity contribution in [3.63, 3.8) is 0 Å². The highest BCUT2D eigenvalue weighted by molar-refractivity contribution is 5.99. The van der Waals surface area contributed by atoms with Gasteiger partial charge in [-0.15, -0.1) is 0 Å². The number of H-pyrrole nitrogens is 1. The molecule has 0 radical (unpaired) electrons. The maximum atomic E-state index is 15.2. The molecule has 4 fully saturated rings. The van der Waals surface area contributed by atoms with E-state index >= 15 is 4.79 Å². The van der Waals surface area contributed by atoms with Crippen LogP contribution in [0.2, 0.25) is 0 Å². The van der Waals surface area contributed by atoms with Gasteiger partial charge in [0.25, 0.3) is 0 Å². The van der Waals surface area contributed by atoms with E-state index in [-0.39, 0.29) is 58.0 Å². The molecule has 0 unspecified atom stereocenters. The SMILES string of the molecule is COC(=O)[C@@H]1Cc2c([nH]c3ccccc23)[C@@H]2C(=O)[C@@H]3[C@@H](CC(=O)[C@@H]4[C@H]3[C@@]35C=C[C@]4(c4ccc(OC)cc4)[C@@]3(C)CCCC5)[C@H]12. The van der Waals surface area contributed by atoms with E-state index in [4.69, 9.17) is 9.47 Å². The standard InChI is InChI=1S/C38H39NO5/c1-36-14-6-7-15-37(36)16-17-38(36,20-10-12-21(43-2)13-11-20)31-27(40)19-24-28-25(35(42)44-3)18-23-22-8-4-5-9-26(22)39-33(23)30(28)34(41)29(24)32(31)37/h4-5,8-13,16-17,24-25,28-32,39H,6-7,14-15,18-19H2,1-3H3/t24-,25+,28+,29+,30+,31+,32-,36-,37+,38+/m0/s1. The van der Waals surface area contributed by atoms with Crippen LogP contribution in [0.4, 0.5) is 0 Å². The van der Waals surface area contributed by atoms with Crippen LogP contribution in [0.3, 0.4) is 0 Å². The van der Waals surface area contributed by atoms with Gasteiger partial charge in [0.05, 0.1) is 26.1 Å². The monoisotopic (exact) mass is 589 g/mol. The van der Waals surface area contributed by atoms with Gasteiger partial charge in [-0.25, -0.2) is 0 Å². The predicted molar refractivity (Wildman–Crippen MR) is 165 cm³/mol. The van der Waals surface area contributed by atoms with Crippen molar-refractivity contribution in [2.24, 2.45) is 46.3 Å². The number of aromatic amines is 1. The number of aromatic nitrogens is 1. The molecule has 1 heterocycles. The average Bonchev–Trinajstić information content (AvgIpc) is 3.71. The Hall–Kier alpha value is -3.67. The number of esters is 1. The molecule has 1 N–H and O–H groups in total. The molecule has 1 aromatic heterocycles. The third kappa shape index (κ3) is 2.83. The first kappa shape index (κ1) is 26.7. The van der Waals surface area contributed by atoms with Gasteiger partial charge in [0.2, 0.25) is 0 Å². The summed E-state index contributed by atoms with van der Waals surface area (Å²) < 4.78 is 10.9. The summed E-state index contributed by atoms with van der Waals surface area (Å²) in [6.45, 7) is 2.41. The van der Waals surface area contributed by atoms with E-state index in [1.165, 1.54) is 7.11 Å². The number of fused-ring (bicyclic) bond motifs is 10. The molecular formula is C38H39NO5. The van der Waals surface area contributed by atoms with Gasteiger partial charge in [-0.05, 0) is 77.2 Å². The minimum Gasteiger partial charge on any atom is -0.497 e. The molecule has 4 saturated carbocycles. The highest BCUT2D eigenvalue weighted by Crippen LogP contribution is 2.82. The normalized spacial score (nSPS) is 41.1. The van der Waals surface area contributed by atoms with Crippen LogP contribution in [-0.2, 0) is 31.0 Å². The number of ether oxygens (including phenoxy) is 2. The van der Waals surface area contributed by atoms with Gasteiger partial charge in [-0.1, -0.05) is 62.2 Å². The fourth-order valence-electron chi connectivity index (χ4n) is 12.3. The van der Waals surface area contributed by atoms with Crippen LogP contribution >= 0.6 is 0 Å². The van der Waals surface area contributed by atoms with Gasteiger partial charge in [0.15, 0.2) is 0 Å². The lowest BCUT2D eigenvalue weighted by Gasteiger charge is -2.51. The smallest absolute Gasteiger partial charge is 0.309 e. The number of hydrogen-bond acceptors (Lipinski definition) is 5. The lowest BCUT2D eigenvalue weighted by atomic mass is 9.52. The van der Waals surface area contributed by atoms with E-state index < -0.39 is 17.3 Å². The van der Waals surface area contributed by atoms with Gasteiger partial charge < -0.3 is 14.5 Å². The minimum absolute atomic E-state index is 0.0737. The number of carbonyl (C=O) groups is 3. The number of allylic oxidation sites excluding steroid dienone is 2. The number of methoxy groups -OCH3 is 2. The Balaban J connectivity index is 1.25. The van der Waals surface area contributed by atoms with Crippen molar-refractivity contribution in [3.8, 4) is 5.75 Å². The molecule has 2 aromatic carbocycles. The summed E-state index contributed by atoms with van der Waals surface area (Å²) in [5.41, 5.74) is 3.32. The molecule has 0 saturated heterocycles. The average molecular weight is 590 g/mol. The Kier molecular flexibility index (Phi) is 5.30. The van der Waals surface area contributed by atoms with Gasteiger partial charge in [0, 0.05) is 40.3 Å². The van der Waals surface area contributed by atoms with Crippen LogP contribution in [0.1, 0.15) is 61.8 Å². The van der Waals surface area contributed by atoms with Crippen molar-refractivity contribution in [3.05, 3.63) is 77.5 Å². The number of carbonyl (C=O) groups excluding carboxylic acids is 3. The van der Waals surface area contributed by atoms with Crippen molar-refractivity contribution in [1.82, 2.24) is 4.98 Å². The summed E-state index contributed by atoms with van der Waals surface area (Å²) in [6.07, 6.45) is 9.95. The fraction of sp³-hybridized carbons (Fsp3) is 0.500. The zero-order valence-electron chi connectivity index (χ0n) is 25.6. The zero-order chi connectivity index (χ0) is 30.2. The van der Waals surface area contributed by atoms with Gasteiger partial charge >= 0.3 is 5.97 Å². The zero-order valence-corrected chi connectivity index (χ0v) is 25.6. The molecule has 0 spiro atoms. The molecule has 9 rings (SSSR count).